The largest absolute Gasteiger partial charge is 0.414 e. The molecule has 1 aromatic carbocycles. The van der Waals surface area contributed by atoms with Crippen LogP contribution in [0.15, 0.2) is 42.9 Å². The molecule has 2 aliphatic carbocycles. The second-order valence-electron chi connectivity index (χ2n) is 18.3. The maximum atomic E-state index is 14.1. The van der Waals surface area contributed by atoms with Crippen molar-refractivity contribution in [2.75, 3.05) is 30.7 Å². The molecule has 0 spiro atoms. The number of benzene rings is 1. The van der Waals surface area contributed by atoms with Gasteiger partial charge in [0.15, 0.2) is 8.32 Å². The molecule has 308 valence electrons. The van der Waals surface area contributed by atoms with Crippen molar-refractivity contribution >= 4 is 35.3 Å². The number of aryl methyl sites for hydroxylation is 1. The van der Waals surface area contributed by atoms with E-state index in [1.807, 2.05) is 0 Å². The number of unbranched alkanes of at least 4 members (excludes halogenated alkanes) is 3. The summed E-state index contributed by atoms with van der Waals surface area (Å²) in [4.78, 5) is 9.52. The molecule has 0 amide bonds. The Morgan fingerprint density at radius 2 is 1.62 bits per heavy atom. The van der Waals surface area contributed by atoms with Crippen LogP contribution in [0.2, 0.25) is 18.1 Å². The molecule has 2 aliphatic rings. The van der Waals surface area contributed by atoms with E-state index in [0.29, 0.717) is 6.42 Å². The summed E-state index contributed by atoms with van der Waals surface area (Å²) in [5.74, 6) is 0.974. The van der Waals surface area contributed by atoms with Gasteiger partial charge in [-0.1, -0.05) is 92.0 Å². The van der Waals surface area contributed by atoms with Gasteiger partial charge in [0.2, 0.25) is 6.23 Å². The number of quaternary nitrogens is 1. The molecule has 5 rings (SSSR count). The van der Waals surface area contributed by atoms with Crippen LogP contribution >= 0.6 is 0 Å². The zero-order valence-corrected chi connectivity index (χ0v) is 37.6. The molecule has 55 heavy (non-hydrogen) atoms. The minimum atomic E-state index is -3.78. The molecule has 11 heteroatoms. The van der Waals surface area contributed by atoms with Crippen LogP contribution in [-0.4, -0.2) is 73.5 Å². The molecule has 9 nitrogen and oxygen atoms in total. The van der Waals surface area contributed by atoms with Gasteiger partial charge in [-0.05, 0) is 99.0 Å². The van der Waals surface area contributed by atoms with Crippen molar-refractivity contribution < 1.29 is 21.5 Å². The van der Waals surface area contributed by atoms with E-state index in [1.54, 1.807) is 6.33 Å². The van der Waals surface area contributed by atoms with Crippen molar-refractivity contribution in [3.8, 4) is 0 Å². The third-order valence-corrected chi connectivity index (χ3v) is 19.0. The molecule has 1 saturated carbocycles. The first kappa shape index (κ1) is 43.8. The quantitative estimate of drug-likeness (QED) is 0.0468. The number of nitrogens with zero attached hydrogens (tertiary/aromatic N) is 4. The van der Waals surface area contributed by atoms with E-state index in [-0.39, 0.29) is 41.1 Å². The molecule has 0 bridgehead atoms. The van der Waals surface area contributed by atoms with Gasteiger partial charge in [-0.15, -0.1) is 0 Å². The Morgan fingerprint density at radius 3 is 2.25 bits per heavy atom. The average molecular weight is 797 g/mol. The maximum Gasteiger partial charge on any atom is 0.272 e. The normalized spacial score (nSPS) is 21.3. The Kier molecular flexibility index (Phi) is 15.1. The first-order valence-electron chi connectivity index (χ1n) is 21.8. The first-order chi connectivity index (χ1) is 26.2. The highest BCUT2D eigenvalue weighted by Crippen LogP contribution is 2.46. The predicted octanol–water partition coefficient (Wildman–Crippen LogP) is 11.0. The molecular formula is C44H74N5O4SSi+. The fourth-order valence-corrected chi connectivity index (χ4v) is 11.6. The molecule has 0 radical (unpaired) electrons. The SMILES string of the molecule is CCCC[N+](CCCC)(CCCC)C(CCC)OS(=O)(=O)CC[C@@H]1C[C@@H](n2ccc3c(N[C@H]4CCc5ccccc54)ncnc32)C[C@H]1O[Si](C)(C)C(C)(C)C. The molecule has 2 heterocycles. The molecule has 1 fully saturated rings. The van der Waals surface area contributed by atoms with Crippen LogP contribution in [0.25, 0.3) is 11.0 Å². The lowest BCUT2D eigenvalue weighted by atomic mass is 10.0. The molecule has 1 unspecified atom stereocenters. The molecule has 0 aliphatic heterocycles. The predicted molar refractivity (Wildman–Crippen MR) is 230 cm³/mol. The lowest BCUT2D eigenvalue weighted by Crippen LogP contribution is -2.58. The van der Waals surface area contributed by atoms with Crippen molar-refractivity contribution in [1.82, 2.24) is 14.5 Å². The number of anilines is 1. The van der Waals surface area contributed by atoms with Crippen LogP contribution < -0.4 is 5.32 Å². The van der Waals surface area contributed by atoms with Crippen LogP contribution in [0.3, 0.4) is 0 Å². The topological polar surface area (TPSA) is 95.3 Å². The minimum Gasteiger partial charge on any atom is -0.414 e. The Labute approximate surface area is 335 Å². The number of rotatable bonds is 22. The van der Waals surface area contributed by atoms with Crippen molar-refractivity contribution in [2.45, 2.75) is 174 Å². The number of aromatic nitrogens is 3. The number of hydrogen-bond acceptors (Lipinski definition) is 7. The average Bonchev–Trinajstić information content (AvgIpc) is 3.87. The summed E-state index contributed by atoms with van der Waals surface area (Å²) < 4.78 is 44.9. The van der Waals surface area contributed by atoms with Gasteiger partial charge < -0.3 is 14.3 Å². The van der Waals surface area contributed by atoms with Gasteiger partial charge >= 0.3 is 0 Å². The maximum absolute atomic E-state index is 14.1. The Hall–Kier alpha value is -2.31. The number of fused-ring (bicyclic) bond motifs is 2. The van der Waals surface area contributed by atoms with Crippen LogP contribution in [0, 0.1) is 5.92 Å². The Bertz CT molecular complexity index is 1750. The van der Waals surface area contributed by atoms with Gasteiger partial charge in [0.05, 0.1) is 36.8 Å². The van der Waals surface area contributed by atoms with Gasteiger partial charge in [0.1, 0.15) is 17.8 Å². The van der Waals surface area contributed by atoms with Gasteiger partial charge in [0, 0.05) is 24.8 Å². The van der Waals surface area contributed by atoms with E-state index >= 15 is 0 Å². The summed E-state index contributed by atoms with van der Waals surface area (Å²) in [6.07, 6.45) is 16.0. The van der Waals surface area contributed by atoms with E-state index in [9.17, 15) is 8.42 Å². The summed E-state index contributed by atoms with van der Waals surface area (Å²) >= 11 is 0. The molecule has 1 N–H and O–H groups in total. The third-order valence-electron chi connectivity index (χ3n) is 13.2. The van der Waals surface area contributed by atoms with Gasteiger partial charge in [-0.25, -0.2) is 14.2 Å². The van der Waals surface area contributed by atoms with E-state index in [4.69, 9.17) is 18.6 Å². The zero-order valence-electron chi connectivity index (χ0n) is 35.8. The lowest BCUT2D eigenvalue weighted by molar-refractivity contribution is -0.969. The minimum absolute atomic E-state index is 0.0167. The highest BCUT2D eigenvalue weighted by atomic mass is 32.2. The third kappa shape index (κ3) is 10.6. The highest BCUT2D eigenvalue weighted by molar-refractivity contribution is 7.86. The monoisotopic (exact) mass is 797 g/mol. The van der Waals surface area contributed by atoms with Crippen LogP contribution in [0.1, 0.15) is 149 Å². The van der Waals surface area contributed by atoms with E-state index < -0.39 is 18.4 Å². The smallest absolute Gasteiger partial charge is 0.272 e. The molecular weight excluding hydrogens is 723 g/mol. The number of nitrogens with one attached hydrogen (secondary N) is 1. The fourth-order valence-electron chi connectivity index (χ4n) is 8.90. The van der Waals surface area contributed by atoms with Crippen LogP contribution in [0.5, 0.6) is 0 Å². The zero-order chi connectivity index (χ0) is 39.9. The van der Waals surface area contributed by atoms with E-state index in [1.165, 1.54) is 11.1 Å². The molecule has 0 saturated heterocycles. The van der Waals surface area contributed by atoms with Gasteiger partial charge in [0.25, 0.3) is 10.1 Å². The first-order valence-corrected chi connectivity index (χ1v) is 26.3. The van der Waals surface area contributed by atoms with Crippen LogP contribution in [-0.2, 0) is 25.1 Å². The Morgan fingerprint density at radius 1 is 0.945 bits per heavy atom. The van der Waals surface area contributed by atoms with Crippen molar-refractivity contribution in [2.24, 2.45) is 5.92 Å². The van der Waals surface area contributed by atoms with Crippen molar-refractivity contribution in [1.29, 1.82) is 0 Å². The molecule has 5 atom stereocenters. The second kappa shape index (κ2) is 19.0. The van der Waals surface area contributed by atoms with Crippen molar-refractivity contribution in [3.05, 3.63) is 54.0 Å². The highest BCUT2D eigenvalue weighted by Gasteiger charge is 2.45. The number of hydrogen-bond donors (Lipinski definition) is 1. The second-order valence-corrected chi connectivity index (χ2v) is 24.7. The Balaban J connectivity index is 1.37. The summed E-state index contributed by atoms with van der Waals surface area (Å²) in [6, 6.07) is 11.2. The van der Waals surface area contributed by atoms with Crippen LogP contribution in [0.4, 0.5) is 5.82 Å². The molecule has 2 aromatic heterocycles. The van der Waals surface area contributed by atoms with Crippen molar-refractivity contribution in [3.63, 3.8) is 0 Å². The standard InChI is InChI=1S/C44H74N5O4SSi/c1-10-14-27-49(28-15-11-2,29-16-12-3)41(19-13-4)52-54(50,51)30-25-35-31-36(32-40(35)53-55(8,9)44(5,6)7)48-26-24-38-42(45-33-46-43(38)48)47-39-23-22-34-20-17-18-21-37(34)39/h17-18,20-21,24,26,33,35-36,39-41H,10-16,19,22-23,25,27-32H2,1-9H3,(H,45,46,47)/q+1/t35-,36-,39+,40-,41?/m1/s1. The lowest BCUT2D eigenvalue weighted by Gasteiger charge is -2.44. The summed E-state index contributed by atoms with van der Waals surface area (Å²) in [5.41, 5.74) is 3.67. The van der Waals surface area contributed by atoms with E-state index in [2.05, 4.69) is 108 Å². The molecule has 3 aromatic rings. The summed E-state index contributed by atoms with van der Waals surface area (Å²) in [7, 11) is -5.93. The summed E-state index contributed by atoms with van der Waals surface area (Å²) in [6.45, 7) is 23.2. The fraction of sp³-hybridized carbons (Fsp3) is 0.727. The van der Waals surface area contributed by atoms with E-state index in [0.717, 1.165) is 118 Å². The summed E-state index contributed by atoms with van der Waals surface area (Å²) in [5, 5.41) is 4.81. The van der Waals surface area contributed by atoms with Gasteiger partial charge in [-0.2, -0.15) is 8.42 Å². The van der Waals surface area contributed by atoms with Gasteiger partial charge in [-0.3, -0.25) is 4.48 Å².